The lowest BCUT2D eigenvalue weighted by Crippen LogP contribution is -2.60. The maximum Gasteiger partial charge on any atom is 0.247 e. The number of hydrogen-bond donors (Lipinski definition) is 0. The van der Waals surface area contributed by atoms with Crippen molar-refractivity contribution in [2.24, 2.45) is 0 Å². The molecule has 0 spiro atoms. The van der Waals surface area contributed by atoms with Crippen molar-refractivity contribution in [1.82, 2.24) is 0 Å². The molecule has 2 nitrogen and oxygen atoms in total. The number of anilines is 5. The van der Waals surface area contributed by atoms with Crippen LogP contribution in [0, 0.1) is 0 Å². The Labute approximate surface area is 249 Å². The van der Waals surface area contributed by atoms with Crippen molar-refractivity contribution >= 4 is 46.1 Å². The van der Waals surface area contributed by atoms with Crippen LogP contribution in [0.1, 0.15) is 31.4 Å². The van der Waals surface area contributed by atoms with Gasteiger partial charge in [0.2, 0.25) is 6.71 Å². The number of benzene rings is 5. The van der Waals surface area contributed by atoms with E-state index in [1.165, 1.54) is 56.0 Å². The quantitative estimate of drug-likeness (QED) is 0.212. The van der Waals surface area contributed by atoms with Gasteiger partial charge in [0, 0.05) is 33.9 Å². The Kier molecular flexibility index (Phi) is 5.75. The third kappa shape index (κ3) is 3.73. The van der Waals surface area contributed by atoms with E-state index in [4.69, 9.17) is 0 Å². The highest BCUT2D eigenvalue weighted by molar-refractivity contribution is 6.95. The van der Waals surface area contributed by atoms with Crippen molar-refractivity contribution in [2.45, 2.75) is 31.7 Å². The van der Waals surface area contributed by atoms with E-state index in [2.05, 4.69) is 169 Å². The zero-order valence-electron chi connectivity index (χ0n) is 24.1. The van der Waals surface area contributed by atoms with Gasteiger partial charge in [-0.25, -0.2) is 0 Å². The molecule has 5 aromatic carbocycles. The largest absolute Gasteiger partial charge is 0.335 e. The van der Waals surface area contributed by atoms with E-state index in [0.717, 1.165) is 6.42 Å². The van der Waals surface area contributed by atoms with Gasteiger partial charge in [0.25, 0.3) is 0 Å². The fourth-order valence-corrected chi connectivity index (χ4v) is 7.36. The minimum atomic E-state index is -0.188. The fraction of sp³-hybridized carbons (Fsp3) is 0.128. The van der Waals surface area contributed by atoms with E-state index < -0.39 is 0 Å². The normalized spacial score (nSPS) is 16.9. The van der Waals surface area contributed by atoms with E-state index >= 15 is 0 Å². The second-order valence-electron chi connectivity index (χ2n) is 12.1. The maximum atomic E-state index is 2.62. The van der Waals surface area contributed by atoms with Gasteiger partial charge in [-0.15, -0.1) is 0 Å². The summed E-state index contributed by atoms with van der Waals surface area (Å²) in [5.41, 5.74) is 13.0. The molecule has 2 aliphatic heterocycles. The molecule has 1 unspecified atom stereocenters. The predicted octanol–water partition coefficient (Wildman–Crippen LogP) is 8.35. The molecule has 0 aromatic heterocycles. The Morgan fingerprint density at radius 2 is 1.26 bits per heavy atom. The van der Waals surface area contributed by atoms with Crippen molar-refractivity contribution in [1.29, 1.82) is 0 Å². The van der Waals surface area contributed by atoms with Crippen LogP contribution in [0.25, 0.3) is 0 Å². The number of rotatable bonds is 4. The highest BCUT2D eigenvalue weighted by Gasteiger charge is 2.47. The van der Waals surface area contributed by atoms with Gasteiger partial charge in [0.1, 0.15) is 0 Å². The van der Waals surface area contributed by atoms with Crippen molar-refractivity contribution in [3.8, 4) is 0 Å². The topological polar surface area (TPSA) is 6.48 Å². The highest BCUT2D eigenvalue weighted by Crippen LogP contribution is 2.47. The Hall–Kier alpha value is -4.76. The van der Waals surface area contributed by atoms with Crippen LogP contribution in [0.3, 0.4) is 0 Å². The van der Waals surface area contributed by atoms with Crippen LogP contribution in [-0.4, -0.2) is 12.8 Å². The van der Waals surface area contributed by atoms with E-state index in [1.807, 2.05) is 0 Å². The van der Waals surface area contributed by atoms with Crippen molar-refractivity contribution in [2.75, 3.05) is 9.80 Å². The first-order valence-electron chi connectivity index (χ1n) is 15.0. The summed E-state index contributed by atoms with van der Waals surface area (Å²) < 4.78 is 0. The second-order valence-corrected chi connectivity index (χ2v) is 12.1. The third-order valence-electron chi connectivity index (χ3n) is 9.49. The smallest absolute Gasteiger partial charge is 0.247 e. The zero-order valence-corrected chi connectivity index (χ0v) is 24.1. The van der Waals surface area contributed by atoms with E-state index in [-0.39, 0.29) is 18.2 Å². The molecule has 1 aliphatic carbocycles. The first-order chi connectivity index (χ1) is 20.6. The molecule has 0 amide bonds. The SMILES string of the molecule is CC(C)(c1ccccc1)c1cc2c3c(c1)N(c1ccccc1)C1CC=CC=C1B3c1ccccc1N2c1ccccc1. The molecule has 0 saturated carbocycles. The fourth-order valence-electron chi connectivity index (χ4n) is 7.36. The standard InChI is InChI=1S/C39H33BN2/c1-39(2,28-16-6-3-7-17-28)29-26-36-38-37(27-29)42(31-20-10-5-11-21-31)35-25-15-13-23-33(35)40(38)32-22-12-14-24-34(32)41(36)30-18-8-4-9-19-30/h3-24,26-27,35H,25H2,1-2H3. The summed E-state index contributed by atoms with van der Waals surface area (Å²) in [6.07, 6.45) is 7.97. The molecule has 202 valence electrons. The Morgan fingerprint density at radius 1 is 0.643 bits per heavy atom. The van der Waals surface area contributed by atoms with Gasteiger partial charge in [-0.05, 0) is 70.9 Å². The predicted molar refractivity (Wildman–Crippen MR) is 179 cm³/mol. The summed E-state index contributed by atoms with van der Waals surface area (Å²) in [6, 6.07) is 47.1. The molecule has 0 saturated heterocycles. The molecule has 0 N–H and O–H groups in total. The van der Waals surface area contributed by atoms with Gasteiger partial charge in [-0.3, -0.25) is 0 Å². The lowest BCUT2D eigenvalue weighted by molar-refractivity contribution is 0.640. The van der Waals surface area contributed by atoms with E-state index in [0.29, 0.717) is 0 Å². The number of para-hydroxylation sites is 3. The second kappa shape index (κ2) is 9.67. The molecule has 42 heavy (non-hydrogen) atoms. The van der Waals surface area contributed by atoms with Crippen LogP contribution in [0.15, 0.2) is 151 Å². The molecule has 2 heterocycles. The molecule has 3 heteroatoms. The maximum absolute atomic E-state index is 2.62. The Bertz CT molecular complexity index is 1840. The Balaban J connectivity index is 1.49. The summed E-state index contributed by atoms with van der Waals surface area (Å²) >= 11 is 0. The highest BCUT2D eigenvalue weighted by atomic mass is 15.2. The molecule has 0 fully saturated rings. The zero-order chi connectivity index (χ0) is 28.3. The molecule has 8 rings (SSSR count). The van der Waals surface area contributed by atoms with Gasteiger partial charge < -0.3 is 9.80 Å². The van der Waals surface area contributed by atoms with Crippen molar-refractivity contribution in [3.63, 3.8) is 0 Å². The molecule has 1 atom stereocenters. The van der Waals surface area contributed by atoms with Gasteiger partial charge in [0.15, 0.2) is 0 Å². The molecule has 3 aliphatic rings. The summed E-state index contributed by atoms with van der Waals surface area (Å²) in [5, 5.41) is 0. The van der Waals surface area contributed by atoms with Crippen LogP contribution in [0.2, 0.25) is 0 Å². The number of hydrogen-bond acceptors (Lipinski definition) is 2. The first-order valence-corrected chi connectivity index (χ1v) is 15.0. The monoisotopic (exact) mass is 540 g/mol. The molecule has 0 radical (unpaired) electrons. The lowest BCUT2D eigenvalue weighted by atomic mass is 9.31. The van der Waals surface area contributed by atoms with Crippen LogP contribution in [0.4, 0.5) is 28.4 Å². The molecular weight excluding hydrogens is 507 g/mol. The van der Waals surface area contributed by atoms with Gasteiger partial charge in [-0.2, -0.15) is 0 Å². The average molecular weight is 541 g/mol. The van der Waals surface area contributed by atoms with Crippen LogP contribution < -0.4 is 20.7 Å². The van der Waals surface area contributed by atoms with Crippen LogP contribution in [0.5, 0.6) is 0 Å². The van der Waals surface area contributed by atoms with Crippen LogP contribution >= 0.6 is 0 Å². The van der Waals surface area contributed by atoms with Crippen molar-refractivity contribution in [3.05, 3.63) is 162 Å². The lowest BCUT2D eigenvalue weighted by Gasteiger charge is -2.49. The first kappa shape index (κ1) is 25.0. The van der Waals surface area contributed by atoms with Crippen LogP contribution in [-0.2, 0) is 5.41 Å². The van der Waals surface area contributed by atoms with Crippen molar-refractivity contribution < 1.29 is 0 Å². The van der Waals surface area contributed by atoms with Gasteiger partial charge in [0.05, 0.1) is 6.04 Å². The summed E-state index contributed by atoms with van der Waals surface area (Å²) in [5.74, 6) is 0. The third-order valence-corrected chi connectivity index (χ3v) is 9.49. The summed E-state index contributed by atoms with van der Waals surface area (Å²) in [7, 11) is 0. The molecular formula is C39H33BN2. The number of allylic oxidation sites excluding steroid dienone is 2. The Morgan fingerprint density at radius 3 is 2.00 bits per heavy atom. The van der Waals surface area contributed by atoms with Gasteiger partial charge in [-0.1, -0.05) is 122 Å². The van der Waals surface area contributed by atoms with Gasteiger partial charge >= 0.3 is 0 Å². The number of fused-ring (bicyclic) bond motifs is 4. The average Bonchev–Trinajstić information content (AvgIpc) is 3.05. The summed E-state index contributed by atoms with van der Waals surface area (Å²) in [6.45, 7) is 4.93. The summed E-state index contributed by atoms with van der Waals surface area (Å²) in [4.78, 5) is 5.12. The van der Waals surface area contributed by atoms with E-state index in [9.17, 15) is 0 Å². The molecule has 5 aromatic rings. The number of nitrogens with zero attached hydrogens (tertiary/aromatic N) is 2. The molecule has 0 bridgehead atoms. The minimum Gasteiger partial charge on any atom is -0.335 e. The van der Waals surface area contributed by atoms with E-state index in [1.54, 1.807) is 0 Å². The minimum absolute atomic E-state index is 0.188.